The van der Waals surface area contributed by atoms with Crippen LogP contribution in [0.5, 0.6) is 0 Å². The largest absolute Gasteiger partial charge is 0.308 e. The first kappa shape index (κ1) is 39.2. The summed E-state index contributed by atoms with van der Waals surface area (Å²) in [6, 6.07) is 90.0. The van der Waals surface area contributed by atoms with E-state index in [1.807, 2.05) is 23.5 Å². The molecule has 0 atom stereocenters. The first-order chi connectivity index (χ1) is 33.7. The van der Waals surface area contributed by atoms with Gasteiger partial charge < -0.3 is 9.80 Å². The fraction of sp³-hybridized carbons (Fsp3) is 0. The monoisotopic (exact) mass is 900 g/mol. The quantitative estimate of drug-likeness (QED) is 0.159. The molecule has 0 fully saturated rings. The molecule has 0 bridgehead atoms. The number of hydrogen-bond acceptors (Lipinski definition) is 4. The van der Waals surface area contributed by atoms with Gasteiger partial charge in [0, 0.05) is 31.0 Å². The van der Waals surface area contributed by atoms with Gasteiger partial charge in [0.1, 0.15) is 0 Å². The van der Waals surface area contributed by atoms with Crippen LogP contribution in [-0.2, 0) is 0 Å². The van der Waals surface area contributed by atoms with Crippen LogP contribution in [0, 0.1) is 0 Å². The third-order valence-electron chi connectivity index (χ3n) is 13.8. The summed E-state index contributed by atoms with van der Waals surface area (Å²) in [5, 5.41) is 9.75. The zero-order valence-corrected chi connectivity index (χ0v) is 38.4. The van der Waals surface area contributed by atoms with Crippen molar-refractivity contribution in [3.63, 3.8) is 0 Å². The SMILES string of the molecule is c1ccc(-c2ccc3cc(-c4c5cc(N6c7ccccc7Sc7ccccc76)ccc5c(-c5cccc6ccccc56)c5cc(N6c7ccccc7Sc7ccccc76)ccc45)ccc3c2)cc1. The molecule has 14 rings (SSSR count). The zero-order valence-electron chi connectivity index (χ0n) is 36.8. The summed E-state index contributed by atoms with van der Waals surface area (Å²) in [4.78, 5) is 9.92. The maximum absolute atomic E-state index is 2.47. The Bertz CT molecular complexity index is 3910. The summed E-state index contributed by atoms with van der Waals surface area (Å²) in [6.07, 6.45) is 0. The summed E-state index contributed by atoms with van der Waals surface area (Å²) >= 11 is 3.69. The van der Waals surface area contributed by atoms with Crippen molar-refractivity contribution in [1.29, 1.82) is 0 Å². The Morgan fingerprint density at radius 3 is 1.29 bits per heavy atom. The van der Waals surface area contributed by atoms with Gasteiger partial charge in [-0.25, -0.2) is 0 Å². The molecule has 68 heavy (non-hydrogen) atoms. The van der Waals surface area contributed by atoms with Crippen molar-refractivity contribution in [3.05, 3.63) is 243 Å². The average Bonchev–Trinajstić information content (AvgIpc) is 3.40. The topological polar surface area (TPSA) is 6.48 Å². The molecule has 318 valence electrons. The Morgan fingerprint density at radius 2 is 0.706 bits per heavy atom. The second-order valence-electron chi connectivity index (χ2n) is 17.6. The summed E-state index contributed by atoms with van der Waals surface area (Å²) in [6.45, 7) is 0. The fourth-order valence-electron chi connectivity index (χ4n) is 10.7. The highest BCUT2D eigenvalue weighted by Crippen LogP contribution is 2.55. The molecule has 12 aromatic rings. The van der Waals surface area contributed by atoms with E-state index < -0.39 is 0 Å². The molecule has 2 heterocycles. The molecule has 2 aliphatic rings. The van der Waals surface area contributed by atoms with Gasteiger partial charge >= 0.3 is 0 Å². The maximum Gasteiger partial charge on any atom is 0.0601 e. The number of fused-ring (bicyclic) bond motifs is 8. The fourth-order valence-corrected chi connectivity index (χ4v) is 12.8. The van der Waals surface area contributed by atoms with Crippen LogP contribution in [-0.4, -0.2) is 0 Å². The van der Waals surface area contributed by atoms with Crippen LogP contribution in [0.4, 0.5) is 34.1 Å². The number of hydrogen-bond donors (Lipinski definition) is 0. The van der Waals surface area contributed by atoms with E-state index in [0.29, 0.717) is 0 Å². The zero-order chi connectivity index (χ0) is 44.7. The van der Waals surface area contributed by atoms with Gasteiger partial charge in [0.25, 0.3) is 0 Å². The van der Waals surface area contributed by atoms with E-state index in [4.69, 9.17) is 0 Å². The van der Waals surface area contributed by atoms with E-state index in [9.17, 15) is 0 Å². The Hall–Kier alpha value is -8.02. The maximum atomic E-state index is 2.47. The molecule has 0 saturated heterocycles. The number of anilines is 6. The molecule has 0 spiro atoms. The van der Waals surface area contributed by atoms with Gasteiger partial charge in [-0.05, 0) is 161 Å². The summed E-state index contributed by atoms with van der Waals surface area (Å²) in [5.41, 5.74) is 14.3. The minimum Gasteiger partial charge on any atom is -0.308 e. The highest BCUT2D eigenvalue weighted by Gasteiger charge is 2.28. The number of rotatable bonds is 5. The van der Waals surface area contributed by atoms with Crippen molar-refractivity contribution in [2.75, 3.05) is 9.80 Å². The molecule has 0 saturated carbocycles. The third-order valence-corrected chi connectivity index (χ3v) is 16.0. The molecule has 0 N–H and O–H groups in total. The number of benzene rings is 12. The van der Waals surface area contributed by atoms with E-state index in [0.717, 1.165) is 11.4 Å². The van der Waals surface area contributed by atoms with Crippen molar-refractivity contribution in [3.8, 4) is 33.4 Å². The molecule has 4 heteroatoms. The number of nitrogens with zero attached hydrogens (tertiary/aromatic N) is 2. The molecule has 0 amide bonds. The van der Waals surface area contributed by atoms with Gasteiger partial charge in [-0.1, -0.05) is 181 Å². The van der Waals surface area contributed by atoms with Crippen LogP contribution < -0.4 is 9.80 Å². The lowest BCUT2D eigenvalue weighted by Crippen LogP contribution is -2.15. The van der Waals surface area contributed by atoms with Crippen molar-refractivity contribution in [2.24, 2.45) is 0 Å². The van der Waals surface area contributed by atoms with Crippen LogP contribution in [0.3, 0.4) is 0 Å². The predicted molar refractivity (Wildman–Crippen MR) is 290 cm³/mol. The van der Waals surface area contributed by atoms with E-state index in [2.05, 4.69) is 252 Å². The summed E-state index contributed by atoms with van der Waals surface area (Å²) in [5.74, 6) is 0. The second kappa shape index (κ2) is 15.8. The van der Waals surface area contributed by atoms with E-state index in [1.54, 1.807) is 0 Å². The Kier molecular flexibility index (Phi) is 9.11. The first-order valence-electron chi connectivity index (χ1n) is 23.2. The Labute approximate surface area is 403 Å². The van der Waals surface area contributed by atoms with Crippen molar-refractivity contribution >= 4 is 101 Å². The molecule has 2 nitrogen and oxygen atoms in total. The molecule has 12 aromatic carbocycles. The van der Waals surface area contributed by atoms with Crippen LogP contribution in [0.15, 0.2) is 262 Å². The molecule has 0 unspecified atom stereocenters. The smallest absolute Gasteiger partial charge is 0.0601 e. The highest BCUT2D eigenvalue weighted by atomic mass is 32.2. The van der Waals surface area contributed by atoms with Crippen LogP contribution >= 0.6 is 23.5 Å². The summed E-state index contributed by atoms with van der Waals surface area (Å²) in [7, 11) is 0. The van der Waals surface area contributed by atoms with Crippen LogP contribution in [0.2, 0.25) is 0 Å². The normalized spacial score (nSPS) is 12.8. The lowest BCUT2D eigenvalue weighted by Gasteiger charge is -2.34. The molecular formula is C64H40N2S2. The summed E-state index contributed by atoms with van der Waals surface area (Å²) < 4.78 is 0. The van der Waals surface area contributed by atoms with Gasteiger partial charge in [-0.2, -0.15) is 0 Å². The predicted octanol–water partition coefficient (Wildman–Crippen LogP) is 19.2. The van der Waals surface area contributed by atoms with E-state index >= 15 is 0 Å². The second-order valence-corrected chi connectivity index (χ2v) is 19.8. The van der Waals surface area contributed by atoms with Gasteiger partial charge in [0.15, 0.2) is 0 Å². The van der Waals surface area contributed by atoms with Gasteiger partial charge in [0.2, 0.25) is 0 Å². The average molecular weight is 901 g/mol. The van der Waals surface area contributed by atoms with Crippen LogP contribution in [0.25, 0.3) is 76.5 Å². The highest BCUT2D eigenvalue weighted by molar-refractivity contribution is 8.00. The molecular weight excluding hydrogens is 861 g/mol. The third kappa shape index (κ3) is 6.29. The standard InChI is InChI=1S/C64H40N2S2/c1-2-15-41(16-3-1)43-29-30-45-38-46(32-31-44(45)37-43)63-51-35-33-48(66-57-23-8-12-27-61(57)68-62-28-13-9-24-58(62)66)40-54(51)64(50-20-14-18-42-17-4-5-19-49(42)50)52-36-34-47(39-53(52)63)65-55-21-6-10-25-59(55)67-60-26-11-7-22-56(60)65/h1-40H. The van der Waals surface area contributed by atoms with E-state index in [-0.39, 0.29) is 0 Å². The first-order valence-corrected chi connectivity index (χ1v) is 24.8. The van der Waals surface area contributed by atoms with Crippen molar-refractivity contribution in [2.45, 2.75) is 19.6 Å². The van der Waals surface area contributed by atoms with E-state index in [1.165, 1.54) is 119 Å². The van der Waals surface area contributed by atoms with Gasteiger partial charge in [-0.15, -0.1) is 0 Å². The van der Waals surface area contributed by atoms with Crippen molar-refractivity contribution < 1.29 is 0 Å². The Balaban J connectivity index is 1.09. The van der Waals surface area contributed by atoms with Gasteiger partial charge in [0.05, 0.1) is 22.7 Å². The van der Waals surface area contributed by atoms with Crippen molar-refractivity contribution in [1.82, 2.24) is 0 Å². The minimum atomic E-state index is 1.13. The Morgan fingerprint density at radius 1 is 0.250 bits per heavy atom. The van der Waals surface area contributed by atoms with Gasteiger partial charge in [-0.3, -0.25) is 0 Å². The number of para-hydroxylation sites is 4. The minimum absolute atomic E-state index is 1.13. The molecule has 0 aromatic heterocycles. The van der Waals surface area contributed by atoms with Crippen LogP contribution in [0.1, 0.15) is 0 Å². The molecule has 0 aliphatic carbocycles. The lowest BCUT2D eigenvalue weighted by molar-refractivity contribution is 1.17. The molecule has 0 radical (unpaired) electrons. The molecule has 2 aliphatic heterocycles. The lowest BCUT2D eigenvalue weighted by atomic mass is 9.83.